The standard InChI is InChI=1S/Ag.2Ni.O. The number of rotatable bonds is 0. The molecule has 0 spiro atoms. The first-order valence-electron chi connectivity index (χ1n) is 0.129. The molecular formula is AgNi2O. The molecule has 0 heterocycles. The first kappa shape index (κ1) is 17.7. The van der Waals surface area contributed by atoms with Gasteiger partial charge in [0.15, 0.2) is 0 Å². The van der Waals surface area contributed by atoms with Crippen LogP contribution in [-0.2, 0) is 58.2 Å². The summed E-state index contributed by atoms with van der Waals surface area (Å²) in [5.74, 6) is 0. The van der Waals surface area contributed by atoms with Gasteiger partial charge in [-0.3, -0.25) is 0 Å². The van der Waals surface area contributed by atoms with Crippen molar-refractivity contribution in [2.75, 3.05) is 0 Å². The molecule has 0 saturated heterocycles. The van der Waals surface area contributed by atoms with Gasteiger partial charge in [0.25, 0.3) is 0 Å². The average molecular weight is 241 g/mol. The van der Waals surface area contributed by atoms with Crippen LogP contribution in [0.25, 0.3) is 0 Å². The van der Waals surface area contributed by atoms with Crippen molar-refractivity contribution in [2.45, 2.75) is 0 Å². The van der Waals surface area contributed by atoms with Crippen molar-refractivity contribution in [3.8, 4) is 0 Å². The third kappa shape index (κ3) is 9.66. The van der Waals surface area contributed by atoms with Crippen molar-refractivity contribution in [3.05, 3.63) is 0 Å². The van der Waals surface area contributed by atoms with Crippen LogP contribution in [0.1, 0.15) is 0 Å². The molecule has 0 aliphatic carbocycles. The molecular weight excluding hydrogens is 241 g/mol. The van der Waals surface area contributed by atoms with E-state index < -0.39 is 0 Å². The monoisotopic (exact) mass is 239 g/mol. The second-order valence-corrected chi connectivity index (χ2v) is 0. The molecule has 0 aromatic carbocycles. The van der Waals surface area contributed by atoms with Crippen molar-refractivity contribution in [1.82, 2.24) is 0 Å². The van der Waals surface area contributed by atoms with Gasteiger partial charge < -0.3 is 0 Å². The average Bonchev–Trinajstić information content (AvgIpc) is 1.00. The summed E-state index contributed by atoms with van der Waals surface area (Å²) in [5.41, 5.74) is 0. The molecule has 0 amide bonds. The van der Waals surface area contributed by atoms with E-state index in [2.05, 4.69) is 15.4 Å². The molecule has 0 fully saturated rings. The maximum absolute atomic E-state index is 7.88. The fourth-order valence-corrected chi connectivity index (χ4v) is 0. The quantitative estimate of drug-likeness (QED) is 0.540. The Kier molecular flexibility index (Phi) is 107. The molecule has 0 bridgehead atoms. The predicted octanol–water partition coefficient (Wildman–Crippen LogP) is -0.126. The third-order valence-electron chi connectivity index (χ3n) is 0. The van der Waals surface area contributed by atoms with Crippen molar-refractivity contribution in [3.63, 3.8) is 0 Å². The van der Waals surface area contributed by atoms with E-state index in [1.165, 1.54) is 0 Å². The zero-order valence-corrected chi connectivity index (χ0v) is 4.80. The van der Waals surface area contributed by atoms with Gasteiger partial charge in [-0.15, -0.1) is 0 Å². The van der Waals surface area contributed by atoms with E-state index in [9.17, 15) is 0 Å². The molecule has 0 rings (SSSR count). The first-order valence-corrected chi connectivity index (χ1v) is 0.532. The van der Waals surface area contributed by atoms with Crippen LogP contribution in [0.2, 0.25) is 0 Å². The van der Waals surface area contributed by atoms with Gasteiger partial charge in [0, 0.05) is 38.9 Å². The number of hydrogen-bond donors (Lipinski definition) is 0. The van der Waals surface area contributed by atoms with E-state index in [-0.39, 0.29) is 38.9 Å². The SMILES string of the molecule is [Ag].[Ni].[O]=[Ni]. The molecule has 4 heavy (non-hydrogen) atoms. The summed E-state index contributed by atoms with van der Waals surface area (Å²) >= 11 is 2.62. The summed E-state index contributed by atoms with van der Waals surface area (Å²) in [6.07, 6.45) is 0. The summed E-state index contributed by atoms with van der Waals surface area (Å²) in [6.45, 7) is 0. The van der Waals surface area contributed by atoms with Gasteiger partial charge in [-0.2, -0.15) is 0 Å². The molecule has 0 saturated carbocycles. The van der Waals surface area contributed by atoms with Gasteiger partial charge >= 0.3 is 19.3 Å². The van der Waals surface area contributed by atoms with Crippen LogP contribution in [0.4, 0.5) is 0 Å². The van der Waals surface area contributed by atoms with Crippen LogP contribution >= 0.6 is 0 Å². The second kappa shape index (κ2) is 24.1. The topological polar surface area (TPSA) is 17.1 Å². The van der Waals surface area contributed by atoms with E-state index in [0.29, 0.717) is 0 Å². The molecule has 0 atom stereocenters. The number of hydrogen-bond acceptors (Lipinski definition) is 1. The van der Waals surface area contributed by atoms with Crippen molar-refractivity contribution < 1.29 is 58.2 Å². The molecule has 0 unspecified atom stereocenters. The van der Waals surface area contributed by atoms with Crippen LogP contribution in [-0.4, -0.2) is 0 Å². The predicted molar refractivity (Wildman–Crippen MR) is 0.686 cm³/mol. The van der Waals surface area contributed by atoms with E-state index in [0.717, 1.165) is 0 Å². The Bertz CT molecular complexity index is 6.00. The van der Waals surface area contributed by atoms with Crippen LogP contribution in [0, 0.1) is 0 Å². The summed E-state index contributed by atoms with van der Waals surface area (Å²) in [5, 5.41) is 0. The Morgan fingerprint density at radius 1 is 1.25 bits per heavy atom. The Morgan fingerprint density at radius 3 is 1.25 bits per heavy atom. The normalized spacial score (nSPS) is 1.50. The van der Waals surface area contributed by atoms with Crippen molar-refractivity contribution in [2.24, 2.45) is 0 Å². The van der Waals surface area contributed by atoms with Crippen LogP contribution < -0.4 is 0 Å². The van der Waals surface area contributed by atoms with Gasteiger partial charge in [0.2, 0.25) is 0 Å². The van der Waals surface area contributed by atoms with Gasteiger partial charge in [-0.05, 0) is 0 Å². The van der Waals surface area contributed by atoms with E-state index >= 15 is 0 Å². The Hall–Kier alpha value is 1.53. The second-order valence-electron chi connectivity index (χ2n) is 0. The van der Waals surface area contributed by atoms with E-state index in [1.807, 2.05) is 0 Å². The molecule has 0 N–H and O–H groups in total. The minimum absolute atomic E-state index is 0. The van der Waals surface area contributed by atoms with Crippen LogP contribution in [0.5, 0.6) is 0 Å². The molecule has 1 radical (unpaired) electrons. The van der Waals surface area contributed by atoms with Crippen molar-refractivity contribution >= 4 is 0 Å². The van der Waals surface area contributed by atoms with Gasteiger partial charge in [0.1, 0.15) is 0 Å². The van der Waals surface area contributed by atoms with Crippen LogP contribution in [0.3, 0.4) is 0 Å². The summed E-state index contributed by atoms with van der Waals surface area (Å²) in [7, 11) is 0. The fraction of sp³-hybridized carbons (Fsp3) is 0. The van der Waals surface area contributed by atoms with Crippen molar-refractivity contribution in [1.29, 1.82) is 0 Å². The third-order valence-corrected chi connectivity index (χ3v) is 0. The fourth-order valence-electron chi connectivity index (χ4n) is 0. The first-order chi connectivity index (χ1) is 1.00. The molecule has 37 valence electrons. The zero-order valence-electron chi connectivity index (χ0n) is 1.34. The molecule has 1 nitrogen and oxygen atoms in total. The summed E-state index contributed by atoms with van der Waals surface area (Å²) < 4.78 is 7.88. The summed E-state index contributed by atoms with van der Waals surface area (Å²) in [6, 6.07) is 0. The zero-order chi connectivity index (χ0) is 2.00. The van der Waals surface area contributed by atoms with Gasteiger partial charge in [-0.25, -0.2) is 0 Å². The minimum atomic E-state index is 0. The Balaban J connectivity index is -0.00000000500. The van der Waals surface area contributed by atoms with Gasteiger partial charge in [0.05, 0.1) is 0 Å². The Labute approximate surface area is 57.9 Å². The molecule has 4 heteroatoms. The van der Waals surface area contributed by atoms with E-state index in [1.54, 1.807) is 0 Å². The van der Waals surface area contributed by atoms with Crippen LogP contribution in [0.15, 0.2) is 0 Å². The van der Waals surface area contributed by atoms with Gasteiger partial charge in [-0.1, -0.05) is 0 Å². The molecule has 0 aromatic rings. The summed E-state index contributed by atoms with van der Waals surface area (Å²) in [4.78, 5) is 0. The molecule has 0 aromatic heterocycles. The Morgan fingerprint density at radius 2 is 1.25 bits per heavy atom. The van der Waals surface area contributed by atoms with E-state index in [4.69, 9.17) is 3.90 Å². The molecule has 0 aliphatic rings. The maximum atomic E-state index is 7.88. The molecule has 0 aliphatic heterocycles.